The number of rotatable bonds is 9. The molecule has 0 saturated heterocycles. The van der Waals surface area contributed by atoms with Gasteiger partial charge in [0.1, 0.15) is 11.7 Å². The van der Waals surface area contributed by atoms with Crippen LogP contribution in [-0.2, 0) is 16.1 Å². The molecular formula is C14H22N2O4. The zero-order chi connectivity index (χ0) is 15.0. The first-order valence-corrected chi connectivity index (χ1v) is 6.77. The van der Waals surface area contributed by atoms with Crippen LogP contribution in [0.1, 0.15) is 36.7 Å². The van der Waals surface area contributed by atoms with Gasteiger partial charge in [0.25, 0.3) is 5.91 Å². The number of nitrogens with one attached hydrogen (secondary N) is 1. The van der Waals surface area contributed by atoms with Crippen LogP contribution in [0.3, 0.4) is 0 Å². The van der Waals surface area contributed by atoms with E-state index >= 15 is 0 Å². The van der Waals surface area contributed by atoms with Crippen molar-refractivity contribution < 1.29 is 19.4 Å². The summed E-state index contributed by atoms with van der Waals surface area (Å²) >= 11 is 0. The minimum absolute atomic E-state index is 0.366. The van der Waals surface area contributed by atoms with Gasteiger partial charge < -0.3 is 19.7 Å². The molecule has 0 fully saturated rings. The monoisotopic (exact) mass is 282 g/mol. The molecule has 2 N–H and O–H groups in total. The van der Waals surface area contributed by atoms with Gasteiger partial charge in [-0.3, -0.25) is 4.79 Å². The highest BCUT2D eigenvalue weighted by Gasteiger charge is 2.21. The number of carboxylic acids is 1. The molecule has 6 heteroatoms. The average Bonchev–Trinajstić information content (AvgIpc) is 2.89. The first-order valence-electron chi connectivity index (χ1n) is 6.77. The zero-order valence-corrected chi connectivity index (χ0v) is 12.0. The van der Waals surface area contributed by atoms with Crippen LogP contribution in [0.5, 0.6) is 0 Å². The first kappa shape index (κ1) is 16.2. The number of nitrogens with zero attached hydrogens (tertiary/aromatic N) is 1. The zero-order valence-electron chi connectivity index (χ0n) is 12.0. The fourth-order valence-corrected chi connectivity index (χ4v) is 1.90. The second-order valence-electron chi connectivity index (χ2n) is 4.59. The number of hydrogen-bond acceptors (Lipinski definition) is 3. The molecular weight excluding hydrogens is 260 g/mol. The highest BCUT2D eigenvalue weighted by atomic mass is 16.5. The highest BCUT2D eigenvalue weighted by molar-refractivity contribution is 5.95. The fourth-order valence-electron chi connectivity index (χ4n) is 1.90. The van der Waals surface area contributed by atoms with E-state index in [2.05, 4.69) is 5.32 Å². The Balaban J connectivity index is 2.68. The lowest BCUT2D eigenvalue weighted by molar-refractivity contribution is -0.139. The van der Waals surface area contributed by atoms with E-state index in [1.165, 1.54) is 0 Å². The van der Waals surface area contributed by atoms with Crippen LogP contribution >= 0.6 is 0 Å². The Labute approximate surface area is 118 Å². The van der Waals surface area contributed by atoms with Crippen LogP contribution < -0.4 is 5.32 Å². The smallest absolute Gasteiger partial charge is 0.326 e. The molecule has 1 atom stereocenters. The SMILES string of the molecule is CCCC[C@H](NC(=O)c1cccn1CCOC)C(=O)O. The number of carbonyl (C=O) groups is 2. The molecule has 0 saturated carbocycles. The predicted octanol–water partition coefficient (Wildman–Crippen LogP) is 1.51. The van der Waals surface area contributed by atoms with Crippen molar-refractivity contribution in [3.8, 4) is 0 Å². The van der Waals surface area contributed by atoms with E-state index in [9.17, 15) is 9.59 Å². The molecule has 0 aliphatic heterocycles. The third-order valence-electron chi connectivity index (χ3n) is 3.05. The Bertz CT molecular complexity index is 442. The molecule has 0 aliphatic rings. The van der Waals surface area contributed by atoms with E-state index < -0.39 is 12.0 Å². The minimum atomic E-state index is -0.998. The van der Waals surface area contributed by atoms with Crippen LogP contribution in [0.2, 0.25) is 0 Å². The Morgan fingerprint density at radius 3 is 2.85 bits per heavy atom. The number of methoxy groups -OCH3 is 1. The maximum absolute atomic E-state index is 12.1. The number of amides is 1. The van der Waals surface area contributed by atoms with Gasteiger partial charge in [0.2, 0.25) is 0 Å². The largest absolute Gasteiger partial charge is 0.480 e. The lowest BCUT2D eigenvalue weighted by atomic mass is 10.1. The average molecular weight is 282 g/mol. The van der Waals surface area contributed by atoms with Crippen molar-refractivity contribution in [1.82, 2.24) is 9.88 Å². The van der Waals surface area contributed by atoms with Crippen LogP contribution in [0.25, 0.3) is 0 Å². The van der Waals surface area contributed by atoms with Crippen molar-refractivity contribution in [3.05, 3.63) is 24.0 Å². The Morgan fingerprint density at radius 2 is 2.25 bits per heavy atom. The minimum Gasteiger partial charge on any atom is -0.480 e. The molecule has 1 heterocycles. The second kappa shape index (κ2) is 8.37. The van der Waals surface area contributed by atoms with Gasteiger partial charge in [0.15, 0.2) is 0 Å². The van der Waals surface area contributed by atoms with Gasteiger partial charge in [-0.25, -0.2) is 4.79 Å². The summed E-state index contributed by atoms with van der Waals surface area (Å²) in [7, 11) is 1.59. The van der Waals surface area contributed by atoms with E-state index in [1.54, 1.807) is 30.0 Å². The maximum Gasteiger partial charge on any atom is 0.326 e. The number of hydrogen-bond donors (Lipinski definition) is 2. The summed E-state index contributed by atoms with van der Waals surface area (Å²) in [5.74, 6) is -1.36. The summed E-state index contributed by atoms with van der Waals surface area (Å²) in [5.41, 5.74) is 0.449. The summed E-state index contributed by atoms with van der Waals surface area (Å²) in [6.45, 7) is 3.03. The van der Waals surface area contributed by atoms with Crippen LogP contribution in [0.15, 0.2) is 18.3 Å². The summed E-state index contributed by atoms with van der Waals surface area (Å²) in [6.07, 6.45) is 3.87. The van der Waals surface area contributed by atoms with E-state index in [1.807, 2.05) is 6.92 Å². The highest BCUT2D eigenvalue weighted by Crippen LogP contribution is 2.06. The van der Waals surface area contributed by atoms with Gasteiger partial charge in [-0.05, 0) is 18.6 Å². The fraction of sp³-hybridized carbons (Fsp3) is 0.571. The van der Waals surface area contributed by atoms with E-state index in [0.29, 0.717) is 25.3 Å². The van der Waals surface area contributed by atoms with Gasteiger partial charge >= 0.3 is 5.97 Å². The van der Waals surface area contributed by atoms with Crippen molar-refractivity contribution in [2.24, 2.45) is 0 Å². The number of aromatic nitrogens is 1. The molecule has 1 rings (SSSR count). The summed E-state index contributed by atoms with van der Waals surface area (Å²) < 4.78 is 6.72. The number of unbranched alkanes of at least 4 members (excludes halogenated alkanes) is 1. The molecule has 0 bridgehead atoms. The number of carboxylic acid groups (broad SMARTS) is 1. The van der Waals surface area contributed by atoms with Gasteiger partial charge in [0, 0.05) is 19.9 Å². The molecule has 0 radical (unpaired) electrons. The number of carbonyl (C=O) groups excluding carboxylic acids is 1. The third kappa shape index (κ3) is 4.70. The van der Waals surface area contributed by atoms with Gasteiger partial charge in [-0.1, -0.05) is 19.8 Å². The Hall–Kier alpha value is -1.82. The van der Waals surface area contributed by atoms with Gasteiger partial charge in [-0.15, -0.1) is 0 Å². The second-order valence-corrected chi connectivity index (χ2v) is 4.59. The van der Waals surface area contributed by atoms with Crippen LogP contribution in [-0.4, -0.2) is 41.3 Å². The van der Waals surface area contributed by atoms with Crippen molar-refractivity contribution in [2.45, 2.75) is 38.8 Å². The Kier molecular flexibility index (Phi) is 6.79. The number of aliphatic carboxylic acids is 1. The van der Waals surface area contributed by atoms with Crippen molar-refractivity contribution in [1.29, 1.82) is 0 Å². The molecule has 0 unspecified atom stereocenters. The predicted molar refractivity (Wildman–Crippen MR) is 74.7 cm³/mol. The molecule has 1 aromatic rings. The molecule has 0 aromatic carbocycles. The molecule has 1 amide bonds. The molecule has 112 valence electrons. The van der Waals surface area contributed by atoms with Crippen molar-refractivity contribution >= 4 is 11.9 Å². The van der Waals surface area contributed by atoms with Crippen LogP contribution in [0.4, 0.5) is 0 Å². The summed E-state index contributed by atoms with van der Waals surface area (Å²) in [5, 5.41) is 11.7. The maximum atomic E-state index is 12.1. The van der Waals surface area contributed by atoms with Crippen LogP contribution in [0, 0.1) is 0 Å². The van der Waals surface area contributed by atoms with E-state index in [-0.39, 0.29) is 5.91 Å². The first-order chi connectivity index (χ1) is 9.60. The van der Waals surface area contributed by atoms with Gasteiger partial charge in [0.05, 0.1) is 6.61 Å². The molecule has 0 spiro atoms. The molecule has 6 nitrogen and oxygen atoms in total. The topological polar surface area (TPSA) is 80.6 Å². The molecule has 20 heavy (non-hydrogen) atoms. The summed E-state index contributed by atoms with van der Waals surface area (Å²) in [4.78, 5) is 23.3. The number of ether oxygens (including phenoxy) is 1. The van der Waals surface area contributed by atoms with E-state index in [4.69, 9.17) is 9.84 Å². The molecule has 0 aliphatic carbocycles. The van der Waals surface area contributed by atoms with Crippen molar-refractivity contribution in [2.75, 3.05) is 13.7 Å². The lowest BCUT2D eigenvalue weighted by Crippen LogP contribution is -2.41. The Morgan fingerprint density at radius 1 is 1.50 bits per heavy atom. The third-order valence-corrected chi connectivity index (χ3v) is 3.05. The molecule has 1 aromatic heterocycles. The van der Waals surface area contributed by atoms with Crippen molar-refractivity contribution in [3.63, 3.8) is 0 Å². The van der Waals surface area contributed by atoms with E-state index in [0.717, 1.165) is 12.8 Å². The lowest BCUT2D eigenvalue weighted by Gasteiger charge is -2.15. The standard InChI is InChI=1S/C14H22N2O4/c1-3-4-6-11(14(18)19)15-13(17)12-7-5-8-16(12)9-10-20-2/h5,7-8,11H,3-4,6,9-10H2,1-2H3,(H,15,17)(H,18,19)/t11-/m0/s1. The quantitative estimate of drug-likeness (QED) is 0.719. The summed E-state index contributed by atoms with van der Waals surface area (Å²) in [6, 6.07) is 2.59. The van der Waals surface area contributed by atoms with Gasteiger partial charge in [-0.2, -0.15) is 0 Å². The normalized spacial score (nSPS) is 12.1.